The van der Waals surface area contributed by atoms with Crippen LogP contribution in [0.15, 0.2) is 52.2 Å². The first-order chi connectivity index (χ1) is 12.3. The summed E-state index contributed by atoms with van der Waals surface area (Å²) in [7, 11) is 0. The van der Waals surface area contributed by atoms with Crippen molar-refractivity contribution in [1.29, 1.82) is 0 Å². The van der Waals surface area contributed by atoms with Gasteiger partial charge in [-0.2, -0.15) is 0 Å². The third-order valence-electron chi connectivity index (χ3n) is 3.78. The number of hydrogen-bond donors (Lipinski definition) is 1. The summed E-state index contributed by atoms with van der Waals surface area (Å²) < 4.78 is 7.44. The molecule has 3 aromatic heterocycles. The number of nitrogens with zero attached hydrogens (tertiary/aromatic N) is 5. The van der Waals surface area contributed by atoms with Gasteiger partial charge in [-0.25, -0.2) is 9.97 Å². The van der Waals surface area contributed by atoms with Gasteiger partial charge in [0.2, 0.25) is 0 Å². The van der Waals surface area contributed by atoms with E-state index in [0.29, 0.717) is 29.0 Å². The van der Waals surface area contributed by atoms with Crippen molar-refractivity contribution in [3.8, 4) is 11.6 Å². The zero-order valence-electron chi connectivity index (χ0n) is 13.6. The summed E-state index contributed by atoms with van der Waals surface area (Å²) in [4.78, 5) is 8.97. The van der Waals surface area contributed by atoms with Gasteiger partial charge in [0, 0.05) is 11.9 Å². The Labute approximate surface area is 148 Å². The Morgan fingerprint density at radius 1 is 1.12 bits per heavy atom. The highest BCUT2D eigenvalue weighted by atomic mass is 32.2. The van der Waals surface area contributed by atoms with Gasteiger partial charge in [-0.3, -0.25) is 4.57 Å². The van der Waals surface area contributed by atoms with Crippen LogP contribution in [-0.2, 0) is 12.3 Å². The van der Waals surface area contributed by atoms with Gasteiger partial charge < -0.3 is 10.2 Å². The van der Waals surface area contributed by atoms with Gasteiger partial charge >= 0.3 is 0 Å². The fourth-order valence-electron chi connectivity index (χ4n) is 2.61. The van der Waals surface area contributed by atoms with Crippen LogP contribution in [0.25, 0.3) is 22.5 Å². The molecule has 0 radical (unpaired) electrons. The molecule has 0 saturated heterocycles. The highest BCUT2D eigenvalue weighted by Gasteiger charge is 2.16. The van der Waals surface area contributed by atoms with Crippen LogP contribution in [0, 0.1) is 0 Å². The molecule has 0 spiro atoms. The lowest BCUT2D eigenvalue weighted by Gasteiger charge is -2.07. The van der Waals surface area contributed by atoms with E-state index in [1.165, 1.54) is 11.8 Å². The van der Waals surface area contributed by atoms with E-state index in [9.17, 15) is 0 Å². The summed E-state index contributed by atoms with van der Waals surface area (Å²) in [6, 6.07) is 11.4. The number of anilines is 1. The number of nitrogen functional groups attached to an aromatic ring is 1. The van der Waals surface area contributed by atoms with E-state index < -0.39 is 0 Å². The SMILES string of the molecule is CCn1c(SCc2nc(N)c3ccccc3n2)nnc1-c1ccco1. The topological polar surface area (TPSA) is 95.7 Å². The highest BCUT2D eigenvalue weighted by molar-refractivity contribution is 7.98. The lowest BCUT2D eigenvalue weighted by Crippen LogP contribution is -2.02. The Balaban J connectivity index is 1.60. The van der Waals surface area contributed by atoms with Crippen molar-refractivity contribution < 1.29 is 4.42 Å². The van der Waals surface area contributed by atoms with Crippen molar-refractivity contribution in [2.24, 2.45) is 0 Å². The predicted octanol–water partition coefficient (Wildman–Crippen LogP) is 3.38. The van der Waals surface area contributed by atoms with Gasteiger partial charge in [0.1, 0.15) is 11.6 Å². The van der Waals surface area contributed by atoms with Gasteiger partial charge in [0.25, 0.3) is 0 Å². The van der Waals surface area contributed by atoms with Crippen LogP contribution >= 0.6 is 11.8 Å². The summed E-state index contributed by atoms with van der Waals surface area (Å²) in [5.41, 5.74) is 6.89. The molecular weight excluding hydrogens is 336 g/mol. The number of benzene rings is 1. The molecule has 0 aliphatic heterocycles. The minimum absolute atomic E-state index is 0.495. The summed E-state index contributed by atoms with van der Waals surface area (Å²) in [6.45, 7) is 2.79. The molecule has 126 valence electrons. The van der Waals surface area contributed by atoms with Gasteiger partial charge in [0.05, 0.1) is 17.5 Å². The van der Waals surface area contributed by atoms with Gasteiger partial charge in [-0.05, 0) is 31.2 Å². The lowest BCUT2D eigenvalue weighted by molar-refractivity contribution is 0.567. The molecule has 0 fully saturated rings. The molecular formula is C17H16N6OS. The zero-order valence-corrected chi connectivity index (χ0v) is 14.4. The second kappa shape index (κ2) is 6.56. The average molecular weight is 352 g/mol. The van der Waals surface area contributed by atoms with Crippen LogP contribution in [0.3, 0.4) is 0 Å². The van der Waals surface area contributed by atoms with E-state index in [1.54, 1.807) is 6.26 Å². The van der Waals surface area contributed by atoms with Gasteiger partial charge in [-0.15, -0.1) is 10.2 Å². The summed E-state index contributed by atoms with van der Waals surface area (Å²) in [5, 5.41) is 10.2. The molecule has 1 aromatic carbocycles. The third kappa shape index (κ3) is 2.96. The molecule has 4 rings (SSSR count). The second-order valence-corrected chi connectivity index (χ2v) is 6.30. The van der Waals surface area contributed by atoms with Gasteiger partial charge in [0.15, 0.2) is 16.7 Å². The van der Waals surface area contributed by atoms with E-state index in [2.05, 4.69) is 20.2 Å². The van der Waals surface area contributed by atoms with Crippen molar-refractivity contribution in [3.63, 3.8) is 0 Å². The quantitative estimate of drug-likeness (QED) is 0.550. The van der Waals surface area contributed by atoms with Crippen LogP contribution in [0.4, 0.5) is 5.82 Å². The van der Waals surface area contributed by atoms with Crippen LogP contribution in [0.5, 0.6) is 0 Å². The summed E-state index contributed by atoms with van der Waals surface area (Å²) >= 11 is 1.53. The molecule has 0 unspecified atom stereocenters. The van der Waals surface area contributed by atoms with Crippen molar-refractivity contribution >= 4 is 28.5 Å². The number of nitrogens with two attached hydrogens (primary N) is 1. The maximum absolute atomic E-state index is 6.04. The number of para-hydroxylation sites is 1. The number of rotatable bonds is 5. The normalized spacial score (nSPS) is 11.2. The van der Waals surface area contributed by atoms with E-state index in [4.69, 9.17) is 10.2 Å². The van der Waals surface area contributed by atoms with E-state index in [0.717, 1.165) is 22.6 Å². The molecule has 25 heavy (non-hydrogen) atoms. The molecule has 0 bridgehead atoms. The Bertz CT molecular complexity index is 1010. The maximum atomic E-state index is 6.04. The number of thioether (sulfide) groups is 1. The van der Waals surface area contributed by atoms with Crippen molar-refractivity contribution in [2.75, 3.05) is 5.73 Å². The number of furan rings is 1. The Morgan fingerprint density at radius 3 is 2.80 bits per heavy atom. The Hall–Kier alpha value is -2.87. The van der Waals surface area contributed by atoms with Crippen LogP contribution in [0.2, 0.25) is 0 Å². The van der Waals surface area contributed by atoms with Gasteiger partial charge in [-0.1, -0.05) is 23.9 Å². The number of hydrogen-bond acceptors (Lipinski definition) is 7. The molecule has 3 heterocycles. The first-order valence-corrected chi connectivity index (χ1v) is 8.86. The molecule has 0 aliphatic carbocycles. The molecule has 0 saturated carbocycles. The van der Waals surface area contributed by atoms with Crippen molar-refractivity contribution in [2.45, 2.75) is 24.4 Å². The summed E-state index contributed by atoms with van der Waals surface area (Å²) in [5.74, 6) is 3.15. The first kappa shape index (κ1) is 15.6. The van der Waals surface area contributed by atoms with Crippen molar-refractivity contribution in [3.05, 3.63) is 48.5 Å². The molecule has 0 atom stereocenters. The Kier molecular flexibility index (Phi) is 4.10. The molecule has 0 amide bonds. The fraction of sp³-hybridized carbons (Fsp3) is 0.176. The highest BCUT2D eigenvalue weighted by Crippen LogP contribution is 2.27. The monoisotopic (exact) mass is 352 g/mol. The fourth-order valence-corrected chi connectivity index (χ4v) is 3.47. The smallest absolute Gasteiger partial charge is 0.200 e. The predicted molar refractivity (Wildman–Crippen MR) is 96.9 cm³/mol. The average Bonchev–Trinajstić information content (AvgIpc) is 3.29. The van der Waals surface area contributed by atoms with Crippen LogP contribution in [0.1, 0.15) is 12.7 Å². The standard InChI is InChI=1S/C17H16N6OS/c1-2-23-16(13-8-5-9-24-13)21-22-17(23)25-10-14-19-12-7-4-3-6-11(12)15(18)20-14/h3-9H,2,10H2,1H3,(H2,18,19,20). The van der Waals surface area contributed by atoms with Crippen LogP contribution in [-0.4, -0.2) is 24.7 Å². The van der Waals surface area contributed by atoms with Crippen LogP contribution < -0.4 is 5.73 Å². The lowest BCUT2D eigenvalue weighted by atomic mass is 10.2. The molecule has 7 nitrogen and oxygen atoms in total. The zero-order chi connectivity index (χ0) is 17.2. The molecule has 2 N–H and O–H groups in total. The number of aromatic nitrogens is 5. The second-order valence-electron chi connectivity index (χ2n) is 5.36. The minimum atomic E-state index is 0.495. The number of fused-ring (bicyclic) bond motifs is 1. The first-order valence-electron chi connectivity index (χ1n) is 7.87. The van der Waals surface area contributed by atoms with E-state index >= 15 is 0 Å². The summed E-state index contributed by atoms with van der Waals surface area (Å²) in [6.07, 6.45) is 1.63. The molecule has 0 aliphatic rings. The molecule has 4 aromatic rings. The maximum Gasteiger partial charge on any atom is 0.200 e. The van der Waals surface area contributed by atoms with Crippen molar-refractivity contribution in [1.82, 2.24) is 24.7 Å². The Morgan fingerprint density at radius 2 is 2.00 bits per heavy atom. The molecule has 8 heteroatoms. The van der Waals surface area contributed by atoms with E-state index in [1.807, 2.05) is 47.9 Å². The largest absolute Gasteiger partial charge is 0.461 e. The minimum Gasteiger partial charge on any atom is -0.461 e. The third-order valence-corrected chi connectivity index (χ3v) is 4.75. The van der Waals surface area contributed by atoms with E-state index in [-0.39, 0.29) is 0 Å².